The summed E-state index contributed by atoms with van der Waals surface area (Å²) in [5, 5.41) is 7.52. The molecule has 1 N–H and O–H groups in total. The molecule has 1 amide bonds. The first-order valence-electron chi connectivity index (χ1n) is 11.1. The molecular formula is C28H22N4O2S. The molecule has 0 aliphatic carbocycles. The quantitative estimate of drug-likeness (QED) is 0.158. The third-order valence-corrected chi connectivity index (χ3v) is 6.55. The van der Waals surface area contributed by atoms with Crippen LogP contribution in [0.4, 0.5) is 0 Å². The first-order chi connectivity index (χ1) is 17.1. The fourth-order valence-electron chi connectivity index (χ4n) is 3.80. The number of benzene rings is 4. The number of rotatable bonds is 6. The summed E-state index contributed by atoms with van der Waals surface area (Å²) in [5.41, 5.74) is 5.39. The highest BCUT2D eigenvalue weighted by molar-refractivity contribution is 7.99. The van der Waals surface area contributed by atoms with Crippen LogP contribution in [0, 0.1) is 0 Å². The minimum Gasteiger partial charge on any atom is -0.272 e. The van der Waals surface area contributed by atoms with E-state index in [2.05, 4.69) is 21.6 Å². The van der Waals surface area contributed by atoms with Crippen LogP contribution >= 0.6 is 11.8 Å². The van der Waals surface area contributed by atoms with Crippen LogP contribution in [0.25, 0.3) is 27.4 Å². The van der Waals surface area contributed by atoms with Gasteiger partial charge in [-0.15, -0.1) is 0 Å². The van der Waals surface area contributed by atoms with Crippen LogP contribution < -0.4 is 11.0 Å². The molecule has 5 aromatic rings. The van der Waals surface area contributed by atoms with E-state index < -0.39 is 0 Å². The van der Waals surface area contributed by atoms with Crippen molar-refractivity contribution in [1.82, 2.24) is 15.0 Å². The number of fused-ring (bicyclic) bond motifs is 2. The number of carbonyl (C=O) groups is 1. The Balaban J connectivity index is 1.36. The summed E-state index contributed by atoms with van der Waals surface area (Å²) in [6, 6.07) is 30.7. The van der Waals surface area contributed by atoms with Gasteiger partial charge in [0.25, 0.3) is 11.5 Å². The highest BCUT2D eigenvalue weighted by atomic mass is 32.2. The van der Waals surface area contributed by atoms with Crippen LogP contribution in [0.15, 0.2) is 112 Å². The second-order valence-corrected chi connectivity index (χ2v) is 8.91. The topological polar surface area (TPSA) is 76.3 Å². The summed E-state index contributed by atoms with van der Waals surface area (Å²) in [6.07, 6.45) is 0. The number of hydrazone groups is 1. The molecule has 0 saturated heterocycles. The molecule has 6 nitrogen and oxygen atoms in total. The minimum atomic E-state index is -0.280. The van der Waals surface area contributed by atoms with Crippen molar-refractivity contribution in [1.29, 1.82) is 0 Å². The van der Waals surface area contributed by atoms with Crippen LogP contribution in [-0.2, 0) is 4.79 Å². The van der Waals surface area contributed by atoms with Crippen LogP contribution in [0.2, 0.25) is 0 Å². The lowest BCUT2D eigenvalue weighted by molar-refractivity contribution is -0.118. The largest absolute Gasteiger partial charge is 0.272 e. The van der Waals surface area contributed by atoms with Gasteiger partial charge in [-0.3, -0.25) is 14.2 Å². The normalized spacial score (nSPS) is 11.6. The van der Waals surface area contributed by atoms with Gasteiger partial charge in [0.1, 0.15) is 0 Å². The van der Waals surface area contributed by atoms with Crippen molar-refractivity contribution in [2.45, 2.75) is 12.1 Å². The number of thioether (sulfide) groups is 1. The second-order valence-electron chi connectivity index (χ2n) is 7.97. The van der Waals surface area contributed by atoms with Gasteiger partial charge in [0, 0.05) is 0 Å². The van der Waals surface area contributed by atoms with Crippen LogP contribution in [0.1, 0.15) is 12.5 Å². The van der Waals surface area contributed by atoms with Gasteiger partial charge < -0.3 is 0 Å². The Morgan fingerprint density at radius 2 is 1.63 bits per heavy atom. The minimum absolute atomic E-state index is 0.0616. The Morgan fingerprint density at radius 3 is 2.46 bits per heavy atom. The van der Waals surface area contributed by atoms with E-state index in [-0.39, 0.29) is 17.2 Å². The SMILES string of the molecule is C/C(=N/NC(=O)CSc1nc2ccccc2c(=O)n1-c1ccccc1)c1ccc2ccccc2c1. The highest BCUT2D eigenvalue weighted by Gasteiger charge is 2.14. The molecule has 0 atom stereocenters. The lowest BCUT2D eigenvalue weighted by atomic mass is 10.0. The van der Waals surface area contributed by atoms with Gasteiger partial charge in [0.15, 0.2) is 5.16 Å². The number of hydrogen-bond acceptors (Lipinski definition) is 5. The van der Waals surface area contributed by atoms with E-state index in [1.807, 2.05) is 85.8 Å². The van der Waals surface area contributed by atoms with Gasteiger partial charge in [-0.2, -0.15) is 5.10 Å². The first-order valence-corrected chi connectivity index (χ1v) is 12.1. The Labute approximate surface area is 206 Å². The van der Waals surface area contributed by atoms with Crippen molar-refractivity contribution >= 4 is 45.1 Å². The van der Waals surface area contributed by atoms with Gasteiger partial charge in [0.2, 0.25) is 0 Å². The lowest BCUT2D eigenvalue weighted by Crippen LogP contribution is -2.24. The number of para-hydroxylation sites is 2. The molecule has 0 spiro atoms. The summed E-state index contributed by atoms with van der Waals surface area (Å²) in [7, 11) is 0. The molecular weight excluding hydrogens is 456 g/mol. The molecule has 0 saturated carbocycles. The molecule has 35 heavy (non-hydrogen) atoms. The molecule has 0 unspecified atom stereocenters. The van der Waals surface area contributed by atoms with Crippen molar-refractivity contribution in [2.75, 3.05) is 5.75 Å². The van der Waals surface area contributed by atoms with E-state index in [0.717, 1.165) is 16.3 Å². The number of hydrogen-bond donors (Lipinski definition) is 1. The van der Waals surface area contributed by atoms with Crippen molar-refractivity contribution in [2.24, 2.45) is 5.10 Å². The molecule has 0 aliphatic rings. The summed E-state index contributed by atoms with van der Waals surface area (Å²) in [6.45, 7) is 1.86. The van der Waals surface area contributed by atoms with Gasteiger partial charge in [-0.1, -0.05) is 78.5 Å². The van der Waals surface area contributed by atoms with Crippen molar-refractivity contribution in [3.63, 3.8) is 0 Å². The number of nitrogens with zero attached hydrogens (tertiary/aromatic N) is 3. The number of amides is 1. The highest BCUT2D eigenvalue weighted by Crippen LogP contribution is 2.21. The van der Waals surface area contributed by atoms with E-state index >= 15 is 0 Å². The van der Waals surface area contributed by atoms with Crippen molar-refractivity contribution < 1.29 is 4.79 Å². The Hall–Kier alpha value is -4.23. The lowest BCUT2D eigenvalue weighted by Gasteiger charge is -2.13. The maximum absolute atomic E-state index is 13.2. The van der Waals surface area contributed by atoms with Crippen LogP contribution in [0.5, 0.6) is 0 Å². The standard InChI is InChI=1S/C28H22N4O2S/c1-19(21-16-15-20-9-5-6-10-22(20)17-21)30-31-26(33)18-35-28-29-25-14-8-7-13-24(25)27(34)32(28)23-11-3-2-4-12-23/h2-17H,18H2,1H3,(H,31,33)/b30-19-. The third-order valence-electron chi connectivity index (χ3n) is 5.61. The molecule has 0 radical (unpaired) electrons. The van der Waals surface area contributed by atoms with Gasteiger partial charge in [-0.05, 0) is 53.6 Å². The third kappa shape index (κ3) is 4.85. The predicted molar refractivity (Wildman–Crippen MR) is 142 cm³/mol. The van der Waals surface area contributed by atoms with Crippen molar-refractivity contribution in [3.05, 3.63) is 113 Å². The summed E-state index contributed by atoms with van der Waals surface area (Å²) in [4.78, 5) is 30.5. The van der Waals surface area contributed by atoms with Gasteiger partial charge in [0.05, 0.1) is 28.1 Å². The Kier molecular flexibility index (Phi) is 6.41. The van der Waals surface area contributed by atoms with Crippen LogP contribution in [-0.4, -0.2) is 26.9 Å². The van der Waals surface area contributed by atoms with E-state index in [0.29, 0.717) is 27.5 Å². The molecule has 5 rings (SSSR count). The van der Waals surface area contributed by atoms with Gasteiger partial charge in [-0.25, -0.2) is 10.4 Å². The molecule has 0 fully saturated rings. The molecule has 7 heteroatoms. The fourth-order valence-corrected chi connectivity index (χ4v) is 4.61. The zero-order valence-electron chi connectivity index (χ0n) is 19.0. The molecule has 172 valence electrons. The van der Waals surface area contributed by atoms with E-state index in [1.165, 1.54) is 11.8 Å². The van der Waals surface area contributed by atoms with Crippen LogP contribution in [0.3, 0.4) is 0 Å². The first kappa shape index (κ1) is 22.6. The zero-order chi connectivity index (χ0) is 24.2. The Bertz CT molecular complexity index is 1630. The molecule has 1 aromatic heterocycles. The summed E-state index contributed by atoms with van der Waals surface area (Å²) in [5.74, 6) is -0.219. The van der Waals surface area contributed by atoms with E-state index in [4.69, 9.17) is 0 Å². The second kappa shape index (κ2) is 9.95. The molecule has 4 aromatic carbocycles. The maximum atomic E-state index is 13.2. The zero-order valence-corrected chi connectivity index (χ0v) is 19.8. The monoisotopic (exact) mass is 478 g/mol. The smallest absolute Gasteiger partial charge is 0.266 e. The summed E-state index contributed by atoms with van der Waals surface area (Å²) >= 11 is 1.20. The predicted octanol–water partition coefficient (Wildman–Crippen LogP) is 5.17. The number of aromatic nitrogens is 2. The summed E-state index contributed by atoms with van der Waals surface area (Å²) < 4.78 is 1.55. The maximum Gasteiger partial charge on any atom is 0.266 e. The van der Waals surface area contributed by atoms with E-state index in [1.54, 1.807) is 16.7 Å². The van der Waals surface area contributed by atoms with Gasteiger partial charge >= 0.3 is 0 Å². The molecule has 1 heterocycles. The molecule has 0 aliphatic heterocycles. The Morgan fingerprint density at radius 1 is 0.914 bits per heavy atom. The fraction of sp³-hybridized carbons (Fsp3) is 0.0714. The van der Waals surface area contributed by atoms with E-state index in [9.17, 15) is 9.59 Å². The number of nitrogens with one attached hydrogen (secondary N) is 1. The number of carbonyl (C=O) groups excluding carboxylic acids is 1. The molecule has 0 bridgehead atoms. The average molecular weight is 479 g/mol. The average Bonchev–Trinajstić information content (AvgIpc) is 2.90. The van der Waals surface area contributed by atoms with Crippen molar-refractivity contribution in [3.8, 4) is 5.69 Å².